The van der Waals surface area contributed by atoms with Crippen LogP contribution in [0.15, 0.2) is 60.7 Å². The van der Waals surface area contributed by atoms with Gasteiger partial charge in [0.2, 0.25) is 0 Å². The summed E-state index contributed by atoms with van der Waals surface area (Å²) in [6.45, 7) is 5.31. The Bertz CT molecular complexity index is 994. The lowest BCUT2D eigenvalue weighted by molar-refractivity contribution is 0.250. The Morgan fingerprint density at radius 1 is 1.00 bits per heavy atom. The highest BCUT2D eigenvalue weighted by Crippen LogP contribution is 2.34. The smallest absolute Gasteiger partial charge is 0.161 e. The van der Waals surface area contributed by atoms with Gasteiger partial charge in [-0.2, -0.15) is 0 Å². The van der Waals surface area contributed by atoms with Gasteiger partial charge in [0, 0.05) is 12.1 Å². The second-order valence-electron chi connectivity index (χ2n) is 6.72. The Kier molecular flexibility index (Phi) is 7.14. The summed E-state index contributed by atoms with van der Waals surface area (Å²) in [5.41, 5.74) is 3.45. The van der Waals surface area contributed by atoms with Gasteiger partial charge in [-0.05, 0) is 55.3 Å². The van der Waals surface area contributed by atoms with Crippen molar-refractivity contribution < 1.29 is 19.1 Å². The maximum Gasteiger partial charge on any atom is 0.161 e. The summed E-state index contributed by atoms with van der Waals surface area (Å²) in [5, 5.41) is 15.2. The van der Waals surface area contributed by atoms with E-state index in [9.17, 15) is 9.60 Å². The van der Waals surface area contributed by atoms with Gasteiger partial charge in [0.25, 0.3) is 0 Å². The first-order chi connectivity index (χ1) is 14.6. The van der Waals surface area contributed by atoms with Crippen molar-refractivity contribution in [1.29, 1.82) is 0 Å². The molecule has 0 fully saturated rings. The van der Waals surface area contributed by atoms with Crippen LogP contribution in [0.25, 0.3) is 11.1 Å². The van der Waals surface area contributed by atoms with Gasteiger partial charge in [0.05, 0.1) is 31.6 Å². The van der Waals surface area contributed by atoms with Gasteiger partial charge >= 0.3 is 0 Å². The molecule has 158 valence electrons. The molecule has 0 amide bonds. The van der Waals surface area contributed by atoms with Gasteiger partial charge in [-0.3, -0.25) is 10.3 Å². The monoisotopic (exact) mass is 410 g/mol. The Morgan fingerprint density at radius 3 is 2.50 bits per heavy atom. The predicted molar refractivity (Wildman–Crippen MR) is 118 cm³/mol. The molecule has 0 aliphatic carbocycles. The normalized spacial score (nSPS) is 10.6. The van der Waals surface area contributed by atoms with E-state index in [-0.39, 0.29) is 12.4 Å². The van der Waals surface area contributed by atoms with Crippen molar-refractivity contribution >= 4 is 11.4 Å². The molecule has 5 nitrogen and oxygen atoms in total. The number of rotatable bonds is 9. The van der Waals surface area contributed by atoms with Crippen molar-refractivity contribution in [3.8, 4) is 22.6 Å². The Balaban J connectivity index is 1.89. The van der Waals surface area contributed by atoms with Crippen LogP contribution in [0.4, 0.5) is 15.8 Å². The maximum absolute atomic E-state index is 14.2. The fourth-order valence-electron chi connectivity index (χ4n) is 3.30. The molecule has 0 aromatic heterocycles. The van der Waals surface area contributed by atoms with Gasteiger partial charge in [-0.15, -0.1) is 0 Å². The van der Waals surface area contributed by atoms with Crippen LogP contribution in [0.5, 0.6) is 11.5 Å². The average Bonchev–Trinajstić information content (AvgIpc) is 2.75. The van der Waals surface area contributed by atoms with Crippen molar-refractivity contribution in [1.82, 2.24) is 0 Å². The number of methoxy groups -OCH3 is 1. The first-order valence-electron chi connectivity index (χ1n) is 9.96. The lowest BCUT2D eigenvalue weighted by atomic mass is 10.0. The van der Waals surface area contributed by atoms with E-state index in [0.717, 1.165) is 16.8 Å². The van der Waals surface area contributed by atoms with Crippen molar-refractivity contribution in [3.63, 3.8) is 0 Å². The Hall–Kier alpha value is -3.25. The lowest BCUT2D eigenvalue weighted by Gasteiger charge is -2.22. The predicted octanol–water partition coefficient (Wildman–Crippen LogP) is 5.73. The minimum Gasteiger partial charge on any atom is -0.493 e. The van der Waals surface area contributed by atoms with E-state index in [1.165, 1.54) is 11.1 Å². The number of ether oxygens (including phenoxy) is 2. The first kappa shape index (κ1) is 21.5. The fraction of sp³-hybridized carbons (Fsp3) is 0.250. The molecule has 0 atom stereocenters. The molecule has 0 aliphatic heterocycles. The van der Waals surface area contributed by atoms with Crippen LogP contribution in [0.2, 0.25) is 0 Å². The standard InChI is InChI=1S/C24H27FN2O3/c1-4-26-21-15-18(19-8-6-7-9-20(19)25)11-12-22(21)27(28)16-17-10-13-23(29-3)24(14-17)30-5-2/h6-15,26,28H,4-5,16H2,1-3H3. The van der Waals surface area contributed by atoms with E-state index < -0.39 is 0 Å². The number of anilines is 2. The topological polar surface area (TPSA) is 54.0 Å². The molecule has 6 heteroatoms. The zero-order valence-electron chi connectivity index (χ0n) is 17.5. The van der Waals surface area contributed by atoms with Gasteiger partial charge in [-0.25, -0.2) is 4.39 Å². The molecule has 3 aromatic carbocycles. The zero-order valence-corrected chi connectivity index (χ0v) is 17.5. The number of hydrogen-bond donors (Lipinski definition) is 2. The van der Waals surface area contributed by atoms with Crippen LogP contribution < -0.4 is 19.9 Å². The molecule has 0 spiro atoms. The average molecular weight is 410 g/mol. The maximum atomic E-state index is 14.2. The molecular formula is C24H27FN2O3. The number of hydroxylamine groups is 1. The van der Waals surface area contributed by atoms with Crippen LogP contribution in [-0.4, -0.2) is 25.5 Å². The van der Waals surface area contributed by atoms with Gasteiger partial charge in [0.1, 0.15) is 5.82 Å². The second-order valence-corrected chi connectivity index (χ2v) is 6.72. The van der Waals surface area contributed by atoms with Crippen LogP contribution in [0.1, 0.15) is 19.4 Å². The largest absolute Gasteiger partial charge is 0.493 e. The Morgan fingerprint density at radius 2 is 1.80 bits per heavy atom. The third-order valence-corrected chi connectivity index (χ3v) is 4.69. The number of nitrogens with zero attached hydrogens (tertiary/aromatic N) is 1. The number of hydrogen-bond acceptors (Lipinski definition) is 5. The summed E-state index contributed by atoms with van der Waals surface area (Å²) in [6.07, 6.45) is 0. The minimum atomic E-state index is -0.282. The van der Waals surface area contributed by atoms with Gasteiger partial charge in [-0.1, -0.05) is 30.3 Å². The molecule has 0 heterocycles. The third kappa shape index (κ3) is 4.83. The van der Waals surface area contributed by atoms with Gasteiger partial charge < -0.3 is 14.8 Å². The second kappa shape index (κ2) is 9.98. The molecular weight excluding hydrogens is 383 g/mol. The molecule has 0 bridgehead atoms. The molecule has 0 aliphatic rings. The first-order valence-corrected chi connectivity index (χ1v) is 9.96. The summed E-state index contributed by atoms with van der Waals surface area (Å²) >= 11 is 0. The molecule has 0 unspecified atom stereocenters. The highest BCUT2D eigenvalue weighted by molar-refractivity contribution is 5.78. The summed E-state index contributed by atoms with van der Waals surface area (Å²) < 4.78 is 25.1. The van der Waals surface area contributed by atoms with Gasteiger partial charge in [0.15, 0.2) is 11.5 Å². The number of nitrogens with one attached hydrogen (secondary N) is 1. The van der Waals surface area contributed by atoms with E-state index in [0.29, 0.717) is 35.9 Å². The minimum absolute atomic E-state index is 0.251. The molecule has 2 N–H and O–H groups in total. The summed E-state index contributed by atoms with van der Waals surface area (Å²) in [6, 6.07) is 17.6. The quantitative estimate of drug-likeness (QED) is 0.442. The van der Waals surface area contributed by atoms with E-state index in [2.05, 4.69) is 5.32 Å². The molecule has 0 radical (unpaired) electrons. The van der Waals surface area contributed by atoms with Crippen LogP contribution in [-0.2, 0) is 6.54 Å². The van der Waals surface area contributed by atoms with Crippen molar-refractivity contribution in [3.05, 3.63) is 72.0 Å². The summed E-state index contributed by atoms with van der Waals surface area (Å²) in [5.74, 6) is 0.996. The highest BCUT2D eigenvalue weighted by atomic mass is 19.1. The van der Waals surface area contributed by atoms with Crippen molar-refractivity contribution in [2.24, 2.45) is 0 Å². The summed E-state index contributed by atoms with van der Waals surface area (Å²) in [4.78, 5) is 0. The number of halogens is 1. The highest BCUT2D eigenvalue weighted by Gasteiger charge is 2.14. The molecule has 3 aromatic rings. The lowest BCUT2D eigenvalue weighted by Crippen LogP contribution is -2.19. The van der Waals surface area contributed by atoms with E-state index in [1.807, 2.05) is 38.1 Å². The molecule has 0 saturated heterocycles. The van der Waals surface area contributed by atoms with E-state index in [1.54, 1.807) is 37.4 Å². The van der Waals surface area contributed by atoms with E-state index in [4.69, 9.17) is 9.47 Å². The van der Waals surface area contributed by atoms with Crippen LogP contribution in [0.3, 0.4) is 0 Å². The van der Waals surface area contributed by atoms with Crippen molar-refractivity contribution in [2.75, 3.05) is 30.6 Å². The molecule has 30 heavy (non-hydrogen) atoms. The number of benzene rings is 3. The van der Waals surface area contributed by atoms with E-state index >= 15 is 0 Å². The SMILES string of the molecule is CCNc1cc(-c2ccccc2F)ccc1N(O)Cc1ccc(OC)c(OCC)c1. The molecule has 0 saturated carbocycles. The molecule has 3 rings (SSSR count). The third-order valence-electron chi connectivity index (χ3n) is 4.69. The summed E-state index contributed by atoms with van der Waals surface area (Å²) in [7, 11) is 1.59. The Labute approximate surface area is 176 Å². The van der Waals surface area contributed by atoms with Crippen LogP contribution >= 0.6 is 0 Å². The van der Waals surface area contributed by atoms with Crippen molar-refractivity contribution in [2.45, 2.75) is 20.4 Å². The zero-order chi connectivity index (χ0) is 21.5. The van der Waals surface area contributed by atoms with Crippen LogP contribution in [0, 0.1) is 5.82 Å². The fourth-order valence-corrected chi connectivity index (χ4v) is 3.30.